The van der Waals surface area contributed by atoms with Crippen molar-refractivity contribution in [3.05, 3.63) is 54.2 Å². The average Bonchev–Trinajstić information content (AvgIpc) is 3.65. The third kappa shape index (κ3) is 10.2. The van der Waals surface area contributed by atoms with Crippen LogP contribution in [0.4, 0.5) is 0 Å². The highest BCUT2D eigenvalue weighted by Crippen LogP contribution is 2.19. The molecule has 12 N–H and O–H groups in total. The molecule has 4 atom stereocenters. The van der Waals surface area contributed by atoms with Gasteiger partial charge in [0.05, 0.1) is 12.4 Å². The highest BCUT2D eigenvalue weighted by Gasteiger charge is 2.30. The summed E-state index contributed by atoms with van der Waals surface area (Å²) in [5.41, 5.74) is 19.6. The van der Waals surface area contributed by atoms with Crippen molar-refractivity contribution in [2.45, 2.75) is 75.5 Å². The number of rotatable bonds is 19. The molecule has 4 unspecified atom stereocenters. The summed E-state index contributed by atoms with van der Waals surface area (Å²) in [5, 5.41) is 18.8. The average molecular weight is 598 g/mol. The Labute approximate surface area is 249 Å². The first kappa shape index (κ1) is 33.2. The third-order valence-electron chi connectivity index (χ3n) is 7.20. The molecule has 1 aromatic carbocycles. The number of carbonyl (C=O) groups is 4. The summed E-state index contributed by atoms with van der Waals surface area (Å²) in [6.45, 7) is 0.811. The van der Waals surface area contributed by atoms with Crippen LogP contribution in [0.15, 0.2) is 43.0 Å². The molecule has 234 valence electrons. The van der Waals surface area contributed by atoms with Gasteiger partial charge in [0.2, 0.25) is 17.7 Å². The smallest absolute Gasteiger partial charge is 0.326 e. The molecule has 3 rings (SSSR count). The van der Waals surface area contributed by atoms with E-state index in [0.29, 0.717) is 44.5 Å². The molecule has 0 fully saturated rings. The van der Waals surface area contributed by atoms with Crippen molar-refractivity contribution in [2.24, 2.45) is 17.2 Å². The summed E-state index contributed by atoms with van der Waals surface area (Å²) in [6.07, 6.45) is 7.83. The Kier molecular flexibility index (Phi) is 13.1. The van der Waals surface area contributed by atoms with Crippen LogP contribution >= 0.6 is 0 Å². The minimum absolute atomic E-state index is 0.0422. The van der Waals surface area contributed by atoms with Crippen LogP contribution in [-0.2, 0) is 32.0 Å². The quantitative estimate of drug-likeness (QED) is 0.0829. The Morgan fingerprint density at radius 3 is 2.00 bits per heavy atom. The van der Waals surface area contributed by atoms with Gasteiger partial charge in [0.15, 0.2) is 0 Å². The number of carboxylic acid groups (broad SMARTS) is 1. The van der Waals surface area contributed by atoms with Crippen molar-refractivity contribution < 1.29 is 24.3 Å². The first-order chi connectivity index (χ1) is 20.7. The second-order valence-electron chi connectivity index (χ2n) is 10.5. The summed E-state index contributed by atoms with van der Waals surface area (Å²) in [7, 11) is 0. The van der Waals surface area contributed by atoms with E-state index >= 15 is 0 Å². The molecule has 14 nitrogen and oxygen atoms in total. The highest BCUT2D eigenvalue weighted by atomic mass is 16.4. The molecule has 0 saturated heterocycles. The van der Waals surface area contributed by atoms with Crippen LogP contribution in [0.5, 0.6) is 0 Å². The van der Waals surface area contributed by atoms with Crippen molar-refractivity contribution in [1.29, 1.82) is 0 Å². The lowest BCUT2D eigenvalue weighted by Gasteiger charge is -2.25. The van der Waals surface area contributed by atoms with E-state index in [9.17, 15) is 24.3 Å². The van der Waals surface area contributed by atoms with Gasteiger partial charge in [-0.2, -0.15) is 0 Å². The number of benzene rings is 1. The van der Waals surface area contributed by atoms with Gasteiger partial charge in [0.1, 0.15) is 18.1 Å². The van der Waals surface area contributed by atoms with Crippen LogP contribution < -0.4 is 33.2 Å². The molecule has 3 aromatic rings. The van der Waals surface area contributed by atoms with Crippen LogP contribution in [0.2, 0.25) is 0 Å². The third-order valence-corrected chi connectivity index (χ3v) is 7.20. The minimum Gasteiger partial charge on any atom is -0.480 e. The highest BCUT2D eigenvalue weighted by molar-refractivity contribution is 5.94. The number of nitrogens with one attached hydrogen (secondary N) is 5. The first-order valence-corrected chi connectivity index (χ1v) is 14.5. The normalized spacial score (nSPS) is 14.0. The van der Waals surface area contributed by atoms with Gasteiger partial charge in [-0.1, -0.05) is 18.2 Å². The van der Waals surface area contributed by atoms with E-state index in [1.54, 1.807) is 12.4 Å². The molecular formula is C29H43N9O5. The Morgan fingerprint density at radius 1 is 0.814 bits per heavy atom. The molecule has 2 heterocycles. The van der Waals surface area contributed by atoms with Crippen molar-refractivity contribution in [3.63, 3.8) is 0 Å². The maximum atomic E-state index is 13.4. The number of H-pyrrole nitrogens is 2. The number of hydrogen-bond acceptors (Lipinski definition) is 8. The SMILES string of the molecule is NCCCCC(NC(=O)C(N)Cc1cnc[nH]1)C(=O)NC(CCCCN)C(=O)NC(Cc1c[nH]c2ccccc12)C(=O)O. The topological polar surface area (TPSA) is 247 Å². The molecule has 0 bridgehead atoms. The van der Waals surface area contributed by atoms with E-state index in [0.717, 1.165) is 16.5 Å². The number of amides is 3. The van der Waals surface area contributed by atoms with Gasteiger partial charge >= 0.3 is 5.97 Å². The second kappa shape index (κ2) is 17.0. The number of nitrogens with zero attached hydrogens (tertiary/aromatic N) is 1. The summed E-state index contributed by atoms with van der Waals surface area (Å²) in [4.78, 5) is 61.8. The van der Waals surface area contributed by atoms with Crippen molar-refractivity contribution >= 4 is 34.6 Å². The zero-order valence-electron chi connectivity index (χ0n) is 24.2. The van der Waals surface area contributed by atoms with Gasteiger partial charge in [-0.3, -0.25) is 14.4 Å². The lowest BCUT2D eigenvalue weighted by atomic mass is 10.0. The standard InChI is InChI=1S/C29H43N9O5/c30-11-5-3-9-23(36-26(39)21(32)14-19-16-33-17-35-19)27(40)37-24(10-4-6-12-31)28(41)38-25(29(42)43)13-18-15-34-22-8-2-1-7-20(18)22/h1-2,7-8,15-17,21,23-25,34H,3-6,9-14,30-32H2,(H,33,35)(H,36,39)(H,37,40)(H,38,41)(H,42,43). The number of unbranched alkanes of at least 4 members (excludes halogenated alkanes) is 2. The number of fused-ring (bicyclic) bond motifs is 1. The number of carbonyl (C=O) groups excluding carboxylic acids is 3. The summed E-state index contributed by atoms with van der Waals surface area (Å²) in [6, 6.07) is 3.28. The second-order valence-corrected chi connectivity index (χ2v) is 10.5. The predicted molar refractivity (Wildman–Crippen MR) is 162 cm³/mol. The largest absolute Gasteiger partial charge is 0.480 e. The lowest BCUT2D eigenvalue weighted by molar-refractivity contribution is -0.142. The molecular weight excluding hydrogens is 554 g/mol. The number of nitrogens with two attached hydrogens (primary N) is 3. The molecule has 0 aliphatic heterocycles. The van der Waals surface area contributed by atoms with Crippen molar-refractivity contribution in [2.75, 3.05) is 13.1 Å². The molecule has 2 aromatic heterocycles. The number of hydrogen-bond donors (Lipinski definition) is 9. The van der Waals surface area contributed by atoms with Crippen LogP contribution in [0.3, 0.4) is 0 Å². The molecule has 3 amide bonds. The number of aromatic amines is 2. The maximum Gasteiger partial charge on any atom is 0.326 e. The maximum absolute atomic E-state index is 13.4. The van der Waals surface area contributed by atoms with Crippen LogP contribution in [0.1, 0.15) is 49.8 Å². The van der Waals surface area contributed by atoms with Gasteiger partial charge in [0.25, 0.3) is 0 Å². The van der Waals surface area contributed by atoms with E-state index in [4.69, 9.17) is 17.2 Å². The fraction of sp³-hybridized carbons (Fsp3) is 0.483. The van der Waals surface area contributed by atoms with Gasteiger partial charge in [0, 0.05) is 41.8 Å². The zero-order chi connectivity index (χ0) is 31.2. The van der Waals surface area contributed by atoms with Crippen molar-refractivity contribution in [3.8, 4) is 0 Å². The molecule has 0 aliphatic rings. The first-order valence-electron chi connectivity index (χ1n) is 14.5. The monoisotopic (exact) mass is 597 g/mol. The van der Waals surface area contributed by atoms with Crippen LogP contribution in [0, 0.1) is 0 Å². The molecule has 0 aliphatic carbocycles. The molecule has 14 heteroatoms. The Morgan fingerprint density at radius 2 is 1.42 bits per heavy atom. The Bertz CT molecular complexity index is 1330. The van der Waals surface area contributed by atoms with Crippen LogP contribution in [0.25, 0.3) is 10.9 Å². The predicted octanol–water partition coefficient (Wildman–Crippen LogP) is -0.199. The Hall–Kier alpha value is -4.27. The van der Waals surface area contributed by atoms with Gasteiger partial charge < -0.3 is 48.2 Å². The summed E-state index contributed by atoms with van der Waals surface area (Å²) in [5.74, 6) is -2.95. The molecule has 0 saturated carbocycles. The van der Waals surface area contributed by atoms with E-state index in [-0.39, 0.29) is 25.7 Å². The number of para-hydroxylation sites is 1. The van der Waals surface area contributed by atoms with Gasteiger partial charge in [-0.05, 0) is 63.2 Å². The van der Waals surface area contributed by atoms with Crippen molar-refractivity contribution in [1.82, 2.24) is 30.9 Å². The van der Waals surface area contributed by atoms with Gasteiger partial charge in [-0.15, -0.1) is 0 Å². The molecule has 0 radical (unpaired) electrons. The summed E-state index contributed by atoms with van der Waals surface area (Å²) < 4.78 is 0. The molecule has 0 spiro atoms. The van der Waals surface area contributed by atoms with Crippen LogP contribution in [-0.4, -0.2) is 81.0 Å². The number of carboxylic acids is 1. The Balaban J connectivity index is 1.71. The summed E-state index contributed by atoms with van der Waals surface area (Å²) >= 11 is 0. The number of aromatic nitrogens is 3. The zero-order valence-corrected chi connectivity index (χ0v) is 24.2. The van der Waals surface area contributed by atoms with E-state index in [1.165, 1.54) is 6.33 Å². The molecule has 43 heavy (non-hydrogen) atoms. The van der Waals surface area contributed by atoms with E-state index in [1.807, 2.05) is 24.3 Å². The van der Waals surface area contributed by atoms with E-state index in [2.05, 4.69) is 30.9 Å². The number of imidazole rings is 1. The number of aliphatic carboxylic acids is 1. The fourth-order valence-electron chi connectivity index (χ4n) is 4.79. The van der Waals surface area contributed by atoms with E-state index < -0.39 is 47.9 Å². The van der Waals surface area contributed by atoms with Gasteiger partial charge in [-0.25, -0.2) is 9.78 Å². The minimum atomic E-state index is -1.24. The fourth-order valence-corrected chi connectivity index (χ4v) is 4.79. The lowest BCUT2D eigenvalue weighted by Crippen LogP contribution is -2.57.